The van der Waals surface area contributed by atoms with Crippen molar-refractivity contribution in [2.24, 2.45) is 0 Å². The van der Waals surface area contributed by atoms with Gasteiger partial charge in [-0.3, -0.25) is 4.79 Å². The Hall–Kier alpha value is -1.00. The molecule has 0 radical (unpaired) electrons. The summed E-state index contributed by atoms with van der Waals surface area (Å²) in [6, 6.07) is 9.53. The van der Waals surface area contributed by atoms with Gasteiger partial charge in [0.2, 0.25) is 0 Å². The van der Waals surface area contributed by atoms with Crippen LogP contribution in [0.25, 0.3) is 0 Å². The Kier molecular flexibility index (Phi) is 2.48. The molecule has 14 heavy (non-hydrogen) atoms. The van der Waals surface area contributed by atoms with Crippen LogP contribution in [0.3, 0.4) is 0 Å². The van der Waals surface area contributed by atoms with E-state index in [-0.39, 0.29) is 0 Å². The van der Waals surface area contributed by atoms with Crippen molar-refractivity contribution in [1.29, 1.82) is 0 Å². The largest absolute Gasteiger partial charge is 0.480 e. The van der Waals surface area contributed by atoms with Crippen LogP contribution in [-0.4, -0.2) is 29.0 Å². The highest BCUT2D eigenvalue weighted by Gasteiger charge is 2.47. The summed E-state index contributed by atoms with van der Waals surface area (Å²) in [5.41, 5.74) is 0. The third kappa shape index (κ3) is 1.63. The molecular formula is C10H10O3S. The van der Waals surface area contributed by atoms with Gasteiger partial charge >= 0.3 is 5.97 Å². The lowest BCUT2D eigenvalue weighted by atomic mass is 10.1. The molecule has 1 N–H and O–H groups in total. The Bertz CT molecular complexity index is 332. The monoisotopic (exact) mass is 210 g/mol. The molecule has 0 aliphatic carbocycles. The van der Waals surface area contributed by atoms with Crippen LogP contribution in [0, 0.1) is 0 Å². The molecule has 0 unspecified atom stereocenters. The molecular weight excluding hydrogens is 200 g/mol. The Balaban J connectivity index is 2.13. The third-order valence-corrected chi connectivity index (χ3v) is 3.43. The van der Waals surface area contributed by atoms with Gasteiger partial charge in [0.15, 0.2) is 4.75 Å². The molecule has 0 atom stereocenters. The molecule has 3 nitrogen and oxygen atoms in total. The van der Waals surface area contributed by atoms with Crippen LogP contribution in [0.4, 0.5) is 0 Å². The fourth-order valence-corrected chi connectivity index (χ4v) is 2.34. The second kappa shape index (κ2) is 3.63. The maximum absolute atomic E-state index is 11.0. The van der Waals surface area contributed by atoms with Crippen LogP contribution in [0.5, 0.6) is 0 Å². The molecule has 0 bridgehead atoms. The zero-order valence-corrected chi connectivity index (χ0v) is 8.29. The minimum absolute atomic E-state index is 0.294. The zero-order valence-electron chi connectivity index (χ0n) is 7.47. The highest BCUT2D eigenvalue weighted by atomic mass is 32.2. The Labute approximate surface area is 86.1 Å². The van der Waals surface area contributed by atoms with Gasteiger partial charge in [-0.05, 0) is 12.1 Å². The summed E-state index contributed by atoms with van der Waals surface area (Å²) < 4.78 is 4.21. The Morgan fingerprint density at radius 1 is 1.36 bits per heavy atom. The van der Waals surface area contributed by atoms with Gasteiger partial charge in [0, 0.05) is 4.90 Å². The quantitative estimate of drug-likeness (QED) is 0.823. The molecule has 74 valence electrons. The van der Waals surface area contributed by atoms with Gasteiger partial charge < -0.3 is 9.84 Å². The van der Waals surface area contributed by atoms with Crippen LogP contribution < -0.4 is 0 Å². The van der Waals surface area contributed by atoms with Crippen molar-refractivity contribution in [3.05, 3.63) is 30.3 Å². The summed E-state index contributed by atoms with van der Waals surface area (Å²) in [7, 11) is 0. The van der Waals surface area contributed by atoms with E-state index < -0.39 is 10.7 Å². The molecule has 1 aromatic rings. The number of aliphatic carboxylic acids is 1. The minimum atomic E-state index is -0.794. The van der Waals surface area contributed by atoms with E-state index in [1.54, 1.807) is 0 Å². The van der Waals surface area contributed by atoms with E-state index >= 15 is 0 Å². The summed E-state index contributed by atoms with van der Waals surface area (Å²) in [5, 5.41) is 9.04. The van der Waals surface area contributed by atoms with Crippen molar-refractivity contribution in [3.63, 3.8) is 0 Å². The van der Waals surface area contributed by atoms with Crippen molar-refractivity contribution < 1.29 is 14.6 Å². The average molecular weight is 210 g/mol. The SMILES string of the molecule is O=C(O)C1(Sc2ccccc2)COC1. The van der Waals surface area contributed by atoms with Crippen LogP contribution in [0.2, 0.25) is 0 Å². The van der Waals surface area contributed by atoms with Crippen molar-refractivity contribution in [3.8, 4) is 0 Å². The van der Waals surface area contributed by atoms with E-state index in [0.717, 1.165) is 4.90 Å². The maximum Gasteiger partial charge on any atom is 0.324 e. The van der Waals surface area contributed by atoms with Crippen LogP contribution in [0.1, 0.15) is 0 Å². The molecule has 0 saturated carbocycles. The van der Waals surface area contributed by atoms with Gasteiger partial charge in [-0.2, -0.15) is 0 Å². The number of thioether (sulfide) groups is 1. The number of carbonyl (C=O) groups is 1. The molecule has 1 heterocycles. The molecule has 1 saturated heterocycles. The normalized spacial score (nSPS) is 18.6. The van der Waals surface area contributed by atoms with Crippen LogP contribution >= 0.6 is 11.8 Å². The first-order valence-corrected chi connectivity index (χ1v) is 5.10. The molecule has 1 fully saturated rings. The molecule has 1 aromatic carbocycles. The summed E-state index contributed by atoms with van der Waals surface area (Å²) >= 11 is 1.36. The van der Waals surface area contributed by atoms with E-state index in [1.165, 1.54) is 11.8 Å². The van der Waals surface area contributed by atoms with Gasteiger partial charge in [-0.1, -0.05) is 18.2 Å². The highest BCUT2D eigenvalue weighted by Crippen LogP contribution is 2.38. The van der Waals surface area contributed by atoms with Crippen LogP contribution in [0.15, 0.2) is 35.2 Å². The van der Waals surface area contributed by atoms with E-state index in [1.807, 2.05) is 30.3 Å². The van der Waals surface area contributed by atoms with Crippen molar-refractivity contribution in [1.82, 2.24) is 0 Å². The summed E-state index contributed by atoms with van der Waals surface area (Å²) in [5.74, 6) is -0.794. The van der Waals surface area contributed by atoms with E-state index in [0.29, 0.717) is 13.2 Å². The first kappa shape index (κ1) is 9.55. The predicted molar refractivity (Wildman–Crippen MR) is 53.5 cm³/mol. The number of hydrogen-bond donors (Lipinski definition) is 1. The van der Waals surface area contributed by atoms with Crippen molar-refractivity contribution in [2.45, 2.75) is 9.64 Å². The molecule has 1 aliphatic heterocycles. The van der Waals surface area contributed by atoms with Crippen LogP contribution in [-0.2, 0) is 9.53 Å². The van der Waals surface area contributed by atoms with Gasteiger partial charge in [0.1, 0.15) is 0 Å². The molecule has 0 amide bonds. The molecule has 0 aromatic heterocycles. The number of rotatable bonds is 3. The molecule has 0 spiro atoms. The number of benzene rings is 1. The Morgan fingerprint density at radius 3 is 2.43 bits per heavy atom. The lowest BCUT2D eigenvalue weighted by molar-refractivity contribution is -0.151. The average Bonchev–Trinajstić information content (AvgIpc) is 2.12. The fourth-order valence-electron chi connectivity index (χ4n) is 1.23. The Morgan fingerprint density at radius 2 is 2.00 bits per heavy atom. The van der Waals surface area contributed by atoms with Gasteiger partial charge in [0.05, 0.1) is 13.2 Å². The summed E-state index contributed by atoms with van der Waals surface area (Å²) in [4.78, 5) is 12.0. The summed E-state index contributed by atoms with van der Waals surface area (Å²) in [6.45, 7) is 0.587. The van der Waals surface area contributed by atoms with Gasteiger partial charge in [0.25, 0.3) is 0 Å². The second-order valence-electron chi connectivity index (χ2n) is 3.21. The molecule has 1 aliphatic rings. The summed E-state index contributed by atoms with van der Waals surface area (Å²) in [6.07, 6.45) is 0. The maximum atomic E-state index is 11.0. The van der Waals surface area contributed by atoms with Crippen molar-refractivity contribution in [2.75, 3.05) is 13.2 Å². The minimum Gasteiger partial charge on any atom is -0.480 e. The number of carboxylic acids is 1. The third-order valence-electron chi connectivity index (χ3n) is 2.12. The predicted octanol–water partition coefficient (Wildman–Crippen LogP) is 1.63. The fraction of sp³-hybridized carbons (Fsp3) is 0.300. The topological polar surface area (TPSA) is 46.5 Å². The lowest BCUT2D eigenvalue weighted by Crippen LogP contribution is -2.53. The zero-order chi connectivity index (χ0) is 10.0. The van der Waals surface area contributed by atoms with Gasteiger partial charge in [-0.15, -0.1) is 11.8 Å². The van der Waals surface area contributed by atoms with E-state index in [4.69, 9.17) is 9.84 Å². The molecule has 2 rings (SSSR count). The van der Waals surface area contributed by atoms with Gasteiger partial charge in [-0.25, -0.2) is 0 Å². The smallest absolute Gasteiger partial charge is 0.324 e. The molecule has 4 heteroatoms. The van der Waals surface area contributed by atoms with E-state index in [2.05, 4.69) is 0 Å². The first-order valence-electron chi connectivity index (χ1n) is 4.28. The van der Waals surface area contributed by atoms with Crippen molar-refractivity contribution >= 4 is 17.7 Å². The highest BCUT2D eigenvalue weighted by molar-refractivity contribution is 8.01. The lowest BCUT2D eigenvalue weighted by Gasteiger charge is -2.36. The number of hydrogen-bond acceptors (Lipinski definition) is 3. The van der Waals surface area contributed by atoms with E-state index in [9.17, 15) is 4.79 Å². The standard InChI is InChI=1S/C10H10O3S/c11-9(12)10(6-13-7-10)14-8-4-2-1-3-5-8/h1-5H,6-7H2,(H,11,12). The number of ether oxygens (including phenoxy) is 1. The number of carboxylic acid groups (broad SMARTS) is 1. The second-order valence-corrected chi connectivity index (χ2v) is 4.66. The first-order chi connectivity index (χ1) is 6.73.